The van der Waals surface area contributed by atoms with Crippen LogP contribution in [0.25, 0.3) is 0 Å². The van der Waals surface area contributed by atoms with Crippen LogP contribution >= 0.6 is 0 Å². The highest BCUT2D eigenvalue weighted by Crippen LogP contribution is 2.18. The third-order valence-electron chi connectivity index (χ3n) is 2.04. The Labute approximate surface area is 99.6 Å². The maximum atomic E-state index is 10.6. The number of carboxylic acid groups (broad SMARTS) is 1. The predicted molar refractivity (Wildman–Crippen MR) is 61.2 cm³/mol. The van der Waals surface area contributed by atoms with Gasteiger partial charge >= 0.3 is 5.97 Å². The van der Waals surface area contributed by atoms with Gasteiger partial charge in [-0.1, -0.05) is 18.2 Å². The monoisotopic (exact) mass is 240 g/mol. The smallest absolute Gasteiger partial charge is 0.307 e. The van der Waals surface area contributed by atoms with Gasteiger partial charge in [0.25, 0.3) is 0 Å². The Morgan fingerprint density at radius 3 is 2.65 bits per heavy atom. The van der Waals surface area contributed by atoms with Crippen molar-refractivity contribution in [3.05, 3.63) is 29.8 Å². The SMILES string of the molecule is O=C(O)Cc1ccccc1OCCOCCO. The summed E-state index contributed by atoms with van der Waals surface area (Å²) in [5.74, 6) is -0.333. The molecule has 2 N–H and O–H groups in total. The highest BCUT2D eigenvalue weighted by atomic mass is 16.5. The molecule has 0 atom stereocenters. The fourth-order valence-corrected chi connectivity index (χ4v) is 1.33. The van der Waals surface area contributed by atoms with E-state index in [-0.39, 0.29) is 19.6 Å². The molecule has 0 aliphatic heterocycles. The van der Waals surface area contributed by atoms with Gasteiger partial charge in [0.1, 0.15) is 12.4 Å². The number of carboxylic acids is 1. The Kier molecular flexibility index (Phi) is 6.06. The summed E-state index contributed by atoms with van der Waals surface area (Å²) in [7, 11) is 0. The van der Waals surface area contributed by atoms with E-state index in [4.69, 9.17) is 19.7 Å². The van der Waals surface area contributed by atoms with Crippen LogP contribution in [0.2, 0.25) is 0 Å². The molecular formula is C12H16O5. The highest BCUT2D eigenvalue weighted by molar-refractivity contribution is 5.71. The first kappa shape index (κ1) is 13.5. The standard InChI is InChI=1S/C12H16O5/c13-5-6-16-7-8-17-11-4-2-1-3-10(11)9-12(14)15/h1-4,13H,5-9H2,(H,14,15). The average Bonchev–Trinajstić information content (AvgIpc) is 2.30. The van der Waals surface area contributed by atoms with Crippen LogP contribution in [-0.4, -0.2) is 42.6 Å². The van der Waals surface area contributed by atoms with Crippen LogP contribution in [-0.2, 0) is 16.0 Å². The lowest BCUT2D eigenvalue weighted by molar-refractivity contribution is -0.136. The van der Waals surface area contributed by atoms with Crippen molar-refractivity contribution in [3.8, 4) is 5.75 Å². The van der Waals surface area contributed by atoms with Gasteiger partial charge in [-0.25, -0.2) is 0 Å². The molecule has 0 heterocycles. The number of benzene rings is 1. The zero-order chi connectivity index (χ0) is 12.5. The first-order chi connectivity index (χ1) is 8.24. The summed E-state index contributed by atoms with van der Waals surface area (Å²) >= 11 is 0. The van der Waals surface area contributed by atoms with E-state index in [0.29, 0.717) is 24.5 Å². The normalized spacial score (nSPS) is 10.2. The summed E-state index contributed by atoms with van der Waals surface area (Å²) in [6.07, 6.45) is -0.0618. The lowest BCUT2D eigenvalue weighted by Crippen LogP contribution is -2.10. The summed E-state index contributed by atoms with van der Waals surface area (Å²) in [6.45, 7) is 0.953. The Morgan fingerprint density at radius 1 is 1.18 bits per heavy atom. The number of hydrogen-bond acceptors (Lipinski definition) is 4. The van der Waals surface area contributed by atoms with E-state index in [1.54, 1.807) is 24.3 Å². The fraction of sp³-hybridized carbons (Fsp3) is 0.417. The maximum absolute atomic E-state index is 10.6. The molecule has 94 valence electrons. The second kappa shape index (κ2) is 7.65. The first-order valence-electron chi connectivity index (χ1n) is 5.35. The van der Waals surface area contributed by atoms with Crippen LogP contribution in [0.1, 0.15) is 5.56 Å². The van der Waals surface area contributed by atoms with Gasteiger partial charge < -0.3 is 19.7 Å². The van der Waals surface area contributed by atoms with Gasteiger partial charge in [0.2, 0.25) is 0 Å². The van der Waals surface area contributed by atoms with E-state index in [0.717, 1.165) is 0 Å². The molecule has 0 fully saturated rings. The molecule has 0 aromatic heterocycles. The summed E-state index contributed by atoms with van der Waals surface area (Å²) in [4.78, 5) is 10.6. The molecule has 0 aliphatic carbocycles. The van der Waals surface area contributed by atoms with E-state index in [1.165, 1.54) is 0 Å². The number of aliphatic carboxylic acids is 1. The Balaban J connectivity index is 2.43. The van der Waals surface area contributed by atoms with Crippen LogP contribution in [0.4, 0.5) is 0 Å². The molecule has 1 aromatic carbocycles. The summed E-state index contributed by atoms with van der Waals surface area (Å²) in [5.41, 5.74) is 0.641. The van der Waals surface area contributed by atoms with Gasteiger partial charge in [-0.2, -0.15) is 0 Å². The van der Waals surface area contributed by atoms with Gasteiger partial charge in [-0.15, -0.1) is 0 Å². The molecule has 0 bridgehead atoms. The van der Waals surface area contributed by atoms with Crippen LogP contribution in [0.15, 0.2) is 24.3 Å². The zero-order valence-corrected chi connectivity index (χ0v) is 9.46. The molecule has 1 aromatic rings. The second-order valence-corrected chi connectivity index (χ2v) is 3.36. The van der Waals surface area contributed by atoms with Crippen molar-refractivity contribution in [2.75, 3.05) is 26.4 Å². The van der Waals surface area contributed by atoms with Gasteiger partial charge in [0.05, 0.1) is 26.2 Å². The maximum Gasteiger partial charge on any atom is 0.307 e. The van der Waals surface area contributed by atoms with Crippen LogP contribution < -0.4 is 4.74 Å². The van der Waals surface area contributed by atoms with Crippen LogP contribution in [0, 0.1) is 0 Å². The minimum absolute atomic E-state index is 0.0183. The molecule has 5 heteroatoms. The first-order valence-corrected chi connectivity index (χ1v) is 5.35. The largest absolute Gasteiger partial charge is 0.491 e. The van der Waals surface area contributed by atoms with E-state index >= 15 is 0 Å². The van der Waals surface area contributed by atoms with Gasteiger partial charge in [-0.3, -0.25) is 4.79 Å². The minimum atomic E-state index is -0.891. The fourth-order valence-electron chi connectivity index (χ4n) is 1.33. The Morgan fingerprint density at radius 2 is 1.94 bits per heavy atom. The van der Waals surface area contributed by atoms with Crippen LogP contribution in [0.5, 0.6) is 5.75 Å². The number of ether oxygens (including phenoxy) is 2. The highest BCUT2D eigenvalue weighted by Gasteiger charge is 2.06. The summed E-state index contributed by atoms with van der Waals surface area (Å²) in [6, 6.07) is 7.00. The Bertz CT molecular complexity index is 351. The molecule has 0 amide bonds. The van der Waals surface area contributed by atoms with Crippen LogP contribution in [0.3, 0.4) is 0 Å². The second-order valence-electron chi connectivity index (χ2n) is 3.36. The molecule has 0 aliphatic rings. The lowest BCUT2D eigenvalue weighted by Gasteiger charge is -2.10. The topological polar surface area (TPSA) is 76.0 Å². The number of rotatable bonds is 8. The molecular weight excluding hydrogens is 224 g/mol. The quantitative estimate of drug-likeness (QED) is 0.654. The summed E-state index contributed by atoms with van der Waals surface area (Å²) < 4.78 is 10.4. The molecule has 0 unspecified atom stereocenters. The third-order valence-corrected chi connectivity index (χ3v) is 2.04. The number of aliphatic hydroxyl groups is 1. The van der Waals surface area contributed by atoms with E-state index in [2.05, 4.69) is 0 Å². The van der Waals surface area contributed by atoms with Crippen molar-refractivity contribution in [2.45, 2.75) is 6.42 Å². The van der Waals surface area contributed by atoms with E-state index in [9.17, 15) is 4.79 Å². The van der Waals surface area contributed by atoms with Crippen molar-refractivity contribution in [1.82, 2.24) is 0 Å². The Hall–Kier alpha value is -1.59. The zero-order valence-electron chi connectivity index (χ0n) is 9.46. The number of hydrogen-bond donors (Lipinski definition) is 2. The average molecular weight is 240 g/mol. The molecule has 0 saturated carbocycles. The molecule has 17 heavy (non-hydrogen) atoms. The van der Waals surface area contributed by atoms with Crippen molar-refractivity contribution in [3.63, 3.8) is 0 Å². The summed E-state index contributed by atoms with van der Waals surface area (Å²) in [5, 5.41) is 17.2. The third kappa shape index (κ3) is 5.33. The number of aliphatic hydroxyl groups excluding tert-OH is 1. The molecule has 0 radical (unpaired) electrons. The van der Waals surface area contributed by atoms with E-state index < -0.39 is 5.97 Å². The number of para-hydroxylation sites is 1. The molecule has 0 saturated heterocycles. The van der Waals surface area contributed by atoms with Crippen molar-refractivity contribution < 1.29 is 24.5 Å². The number of carbonyl (C=O) groups is 1. The predicted octanol–water partition coefficient (Wildman–Crippen LogP) is 0.701. The lowest BCUT2D eigenvalue weighted by atomic mass is 10.1. The molecule has 0 spiro atoms. The minimum Gasteiger partial charge on any atom is -0.491 e. The van der Waals surface area contributed by atoms with Gasteiger partial charge in [0, 0.05) is 5.56 Å². The van der Waals surface area contributed by atoms with Crippen molar-refractivity contribution in [1.29, 1.82) is 0 Å². The van der Waals surface area contributed by atoms with Crippen molar-refractivity contribution >= 4 is 5.97 Å². The van der Waals surface area contributed by atoms with Gasteiger partial charge in [0.15, 0.2) is 0 Å². The molecule has 1 rings (SSSR count). The molecule has 5 nitrogen and oxygen atoms in total. The van der Waals surface area contributed by atoms with Gasteiger partial charge in [-0.05, 0) is 6.07 Å². The van der Waals surface area contributed by atoms with Crippen molar-refractivity contribution in [2.24, 2.45) is 0 Å². The van der Waals surface area contributed by atoms with E-state index in [1.807, 2.05) is 0 Å².